The van der Waals surface area contributed by atoms with Crippen molar-refractivity contribution in [2.24, 2.45) is 0 Å². The van der Waals surface area contributed by atoms with Gasteiger partial charge in [0.25, 0.3) is 0 Å². The number of hydrogen-bond donors (Lipinski definition) is 2. The largest absolute Gasteiger partial charge is 0.491 e. The van der Waals surface area contributed by atoms with E-state index in [1.165, 1.54) is 0 Å². The van der Waals surface area contributed by atoms with Gasteiger partial charge >= 0.3 is 0 Å². The van der Waals surface area contributed by atoms with Gasteiger partial charge in [0.1, 0.15) is 18.4 Å². The fraction of sp³-hybridized carbons (Fsp3) is 0.333. The van der Waals surface area contributed by atoms with E-state index in [2.05, 4.69) is 29.2 Å². The number of aliphatic hydroxyl groups excluding tert-OH is 1. The number of dihydropyridines is 1. The van der Waals surface area contributed by atoms with Crippen LogP contribution < -0.4 is 5.32 Å². The fourth-order valence-electron chi connectivity index (χ4n) is 2.66. The molecule has 0 aliphatic carbocycles. The summed E-state index contributed by atoms with van der Waals surface area (Å²) in [6.07, 6.45) is 9.09. The number of pyridine rings is 1. The highest BCUT2D eigenvalue weighted by Gasteiger charge is 2.17. The molecule has 0 bridgehead atoms. The minimum absolute atomic E-state index is 0.0177. The lowest BCUT2D eigenvalue weighted by molar-refractivity contribution is 0.148. The van der Waals surface area contributed by atoms with Gasteiger partial charge in [0.05, 0.1) is 18.0 Å². The van der Waals surface area contributed by atoms with Crippen molar-refractivity contribution in [3.63, 3.8) is 0 Å². The van der Waals surface area contributed by atoms with E-state index in [1.807, 2.05) is 35.0 Å². The standard InChI is InChI=1S/C18H22N4O2/c1-13(2)22-16(7-10-21-22)18-14(5-3-9-20-18)12-24-17-6-4-8-19-15(17)11-23/h3-10,13,15,19,23H,11-12H2,1-2H3. The fourth-order valence-corrected chi connectivity index (χ4v) is 2.66. The number of hydrogen-bond acceptors (Lipinski definition) is 5. The Bertz CT molecular complexity index is 749. The van der Waals surface area contributed by atoms with Gasteiger partial charge in [0.2, 0.25) is 0 Å². The van der Waals surface area contributed by atoms with Gasteiger partial charge in [0, 0.05) is 24.0 Å². The minimum atomic E-state index is -0.212. The molecule has 0 saturated carbocycles. The smallest absolute Gasteiger partial charge is 0.121 e. The third kappa shape index (κ3) is 3.33. The van der Waals surface area contributed by atoms with Gasteiger partial charge in [-0.05, 0) is 44.3 Å². The lowest BCUT2D eigenvalue weighted by Crippen LogP contribution is -2.33. The summed E-state index contributed by atoms with van der Waals surface area (Å²) in [6.45, 7) is 4.54. The molecule has 6 heteroatoms. The van der Waals surface area contributed by atoms with Crippen LogP contribution in [0.4, 0.5) is 0 Å². The highest BCUT2D eigenvalue weighted by atomic mass is 16.5. The molecule has 3 rings (SSSR count). The van der Waals surface area contributed by atoms with Crippen LogP contribution in [0, 0.1) is 0 Å². The Balaban J connectivity index is 1.84. The Morgan fingerprint density at radius 2 is 2.21 bits per heavy atom. The van der Waals surface area contributed by atoms with Crippen molar-refractivity contribution in [2.45, 2.75) is 32.5 Å². The van der Waals surface area contributed by atoms with Crippen molar-refractivity contribution in [1.29, 1.82) is 0 Å². The summed E-state index contributed by atoms with van der Waals surface area (Å²) < 4.78 is 7.88. The van der Waals surface area contributed by atoms with Crippen molar-refractivity contribution in [3.05, 3.63) is 60.3 Å². The molecular formula is C18H22N4O2. The molecule has 2 aromatic heterocycles. The molecular weight excluding hydrogens is 304 g/mol. The molecule has 3 heterocycles. The maximum atomic E-state index is 9.42. The van der Waals surface area contributed by atoms with Crippen molar-refractivity contribution in [1.82, 2.24) is 20.1 Å². The molecule has 2 aromatic rings. The van der Waals surface area contributed by atoms with E-state index in [0.29, 0.717) is 12.4 Å². The summed E-state index contributed by atoms with van der Waals surface area (Å²) in [5.41, 5.74) is 2.81. The van der Waals surface area contributed by atoms with Gasteiger partial charge in [-0.3, -0.25) is 9.67 Å². The van der Waals surface area contributed by atoms with Gasteiger partial charge in [-0.1, -0.05) is 6.07 Å². The average Bonchev–Trinajstić information content (AvgIpc) is 3.10. The molecule has 1 unspecified atom stereocenters. The number of aromatic nitrogens is 3. The first kappa shape index (κ1) is 16.3. The molecule has 0 fully saturated rings. The predicted octanol–water partition coefficient (Wildman–Crippen LogP) is 2.40. The summed E-state index contributed by atoms with van der Waals surface area (Å²) in [6, 6.07) is 5.90. The lowest BCUT2D eigenvalue weighted by Gasteiger charge is -2.22. The van der Waals surface area contributed by atoms with Crippen molar-refractivity contribution in [3.8, 4) is 11.4 Å². The third-order valence-corrected chi connectivity index (χ3v) is 3.87. The van der Waals surface area contributed by atoms with Crippen molar-refractivity contribution < 1.29 is 9.84 Å². The molecule has 1 aliphatic rings. The zero-order valence-corrected chi connectivity index (χ0v) is 13.9. The van der Waals surface area contributed by atoms with E-state index in [4.69, 9.17) is 4.74 Å². The molecule has 126 valence electrons. The molecule has 0 aromatic carbocycles. The Labute approximate surface area is 141 Å². The molecule has 6 nitrogen and oxygen atoms in total. The highest BCUT2D eigenvalue weighted by molar-refractivity contribution is 5.58. The molecule has 0 spiro atoms. The Morgan fingerprint density at radius 1 is 1.33 bits per heavy atom. The van der Waals surface area contributed by atoms with Gasteiger partial charge in [0.15, 0.2) is 0 Å². The first-order chi connectivity index (χ1) is 11.7. The Hall–Kier alpha value is -2.60. The first-order valence-corrected chi connectivity index (χ1v) is 8.05. The lowest BCUT2D eigenvalue weighted by atomic mass is 10.1. The van der Waals surface area contributed by atoms with E-state index in [-0.39, 0.29) is 18.7 Å². The van der Waals surface area contributed by atoms with Crippen LogP contribution in [-0.4, -0.2) is 32.5 Å². The van der Waals surface area contributed by atoms with E-state index in [0.717, 1.165) is 17.0 Å². The van der Waals surface area contributed by atoms with Crippen LogP contribution in [-0.2, 0) is 11.3 Å². The van der Waals surface area contributed by atoms with E-state index in [9.17, 15) is 5.11 Å². The number of ether oxygens (including phenoxy) is 1. The van der Waals surface area contributed by atoms with Gasteiger partial charge < -0.3 is 15.2 Å². The van der Waals surface area contributed by atoms with Crippen LogP contribution in [0.25, 0.3) is 11.4 Å². The molecule has 1 aliphatic heterocycles. The number of nitrogens with zero attached hydrogens (tertiary/aromatic N) is 3. The number of nitrogens with one attached hydrogen (secondary N) is 1. The summed E-state index contributed by atoms with van der Waals surface area (Å²) in [7, 11) is 0. The van der Waals surface area contributed by atoms with E-state index in [1.54, 1.807) is 18.6 Å². The average molecular weight is 326 g/mol. The second kappa shape index (κ2) is 7.31. The monoisotopic (exact) mass is 326 g/mol. The van der Waals surface area contributed by atoms with Crippen LogP contribution in [0.5, 0.6) is 0 Å². The second-order valence-electron chi connectivity index (χ2n) is 5.88. The summed E-state index contributed by atoms with van der Waals surface area (Å²) in [5, 5.41) is 16.9. The minimum Gasteiger partial charge on any atom is -0.491 e. The topological polar surface area (TPSA) is 72.2 Å². The van der Waals surface area contributed by atoms with Crippen molar-refractivity contribution in [2.75, 3.05) is 6.61 Å². The first-order valence-electron chi connectivity index (χ1n) is 8.05. The predicted molar refractivity (Wildman–Crippen MR) is 91.9 cm³/mol. The van der Waals surface area contributed by atoms with Crippen LogP contribution >= 0.6 is 0 Å². The van der Waals surface area contributed by atoms with Crippen LogP contribution in [0.3, 0.4) is 0 Å². The summed E-state index contributed by atoms with van der Waals surface area (Å²) in [5.74, 6) is 0.715. The van der Waals surface area contributed by atoms with Crippen molar-refractivity contribution >= 4 is 0 Å². The normalized spacial score (nSPS) is 16.8. The van der Waals surface area contributed by atoms with Crippen LogP contribution in [0.15, 0.2) is 54.7 Å². The number of rotatable bonds is 6. The van der Waals surface area contributed by atoms with Gasteiger partial charge in [-0.25, -0.2) is 0 Å². The number of allylic oxidation sites excluding steroid dienone is 2. The Morgan fingerprint density at radius 3 is 3.00 bits per heavy atom. The molecule has 0 saturated heterocycles. The molecule has 1 atom stereocenters. The summed E-state index contributed by atoms with van der Waals surface area (Å²) in [4.78, 5) is 4.53. The highest BCUT2D eigenvalue weighted by Crippen LogP contribution is 2.25. The quantitative estimate of drug-likeness (QED) is 0.853. The zero-order chi connectivity index (χ0) is 16.9. The number of aliphatic hydroxyl groups is 1. The maximum absolute atomic E-state index is 9.42. The molecule has 2 N–H and O–H groups in total. The van der Waals surface area contributed by atoms with Crippen LogP contribution in [0.2, 0.25) is 0 Å². The summed E-state index contributed by atoms with van der Waals surface area (Å²) >= 11 is 0. The zero-order valence-electron chi connectivity index (χ0n) is 13.9. The van der Waals surface area contributed by atoms with E-state index >= 15 is 0 Å². The second-order valence-corrected chi connectivity index (χ2v) is 5.88. The molecule has 0 radical (unpaired) electrons. The van der Waals surface area contributed by atoms with Crippen LogP contribution in [0.1, 0.15) is 25.5 Å². The third-order valence-electron chi connectivity index (χ3n) is 3.87. The maximum Gasteiger partial charge on any atom is 0.121 e. The van der Waals surface area contributed by atoms with Gasteiger partial charge in [-0.15, -0.1) is 0 Å². The van der Waals surface area contributed by atoms with Gasteiger partial charge in [-0.2, -0.15) is 5.10 Å². The SMILES string of the molecule is CC(C)n1nccc1-c1ncccc1COC1=CC=CNC1CO. The van der Waals surface area contributed by atoms with E-state index < -0.39 is 0 Å². The Kier molecular flexibility index (Phi) is 4.96. The molecule has 0 amide bonds. The molecule has 24 heavy (non-hydrogen) atoms.